The summed E-state index contributed by atoms with van der Waals surface area (Å²) in [5.41, 5.74) is -0.725. The maximum absolute atomic E-state index is 11.2. The van der Waals surface area contributed by atoms with Crippen LogP contribution < -0.4 is 9.47 Å². The van der Waals surface area contributed by atoms with Crippen LogP contribution >= 0.6 is 11.8 Å². The maximum atomic E-state index is 11.2. The lowest BCUT2D eigenvalue weighted by molar-refractivity contribution is -0.141. The van der Waals surface area contributed by atoms with E-state index in [1.54, 1.807) is 19.1 Å². The quantitative estimate of drug-likeness (QED) is 0.880. The van der Waals surface area contributed by atoms with Crippen molar-refractivity contribution in [2.45, 2.75) is 12.5 Å². The topological polar surface area (TPSA) is 88.4 Å². The molecule has 1 aromatic rings. The van der Waals surface area contributed by atoms with Gasteiger partial charge in [0, 0.05) is 5.75 Å². The molecule has 0 spiro atoms. The number of aliphatic imine (C=N–C) groups is 1. The predicted octanol–water partition coefficient (Wildman–Crippen LogP) is 1.75. The number of nitrogens with zero attached hydrogens (tertiary/aromatic N) is 1. The molecule has 0 fully saturated rings. The Labute approximate surface area is 120 Å². The molecule has 0 saturated heterocycles. The largest absolute Gasteiger partial charge is 0.504 e. The van der Waals surface area contributed by atoms with Crippen LogP contribution in [0.1, 0.15) is 12.5 Å². The monoisotopic (exact) mass is 297 g/mol. The SMILES string of the molecule is COc1ccc(C2=N[C@@](C)(C(=O)O)CS2)c(O)c1OC. The molecule has 1 aliphatic rings. The second-order valence-electron chi connectivity index (χ2n) is 4.48. The number of phenols is 1. The second kappa shape index (κ2) is 5.24. The molecule has 2 N–H and O–H groups in total. The van der Waals surface area contributed by atoms with Crippen molar-refractivity contribution in [1.82, 2.24) is 0 Å². The third-order valence-electron chi connectivity index (χ3n) is 3.05. The smallest absolute Gasteiger partial charge is 0.332 e. The van der Waals surface area contributed by atoms with E-state index in [0.717, 1.165) is 0 Å². The van der Waals surface area contributed by atoms with Crippen LogP contribution in [0.3, 0.4) is 0 Å². The van der Waals surface area contributed by atoms with Gasteiger partial charge in [-0.3, -0.25) is 4.99 Å². The minimum Gasteiger partial charge on any atom is -0.504 e. The van der Waals surface area contributed by atoms with Gasteiger partial charge in [0.15, 0.2) is 17.0 Å². The van der Waals surface area contributed by atoms with Gasteiger partial charge in [0.25, 0.3) is 0 Å². The van der Waals surface area contributed by atoms with Crippen LogP contribution in [0.2, 0.25) is 0 Å². The molecule has 0 aliphatic carbocycles. The first-order valence-electron chi connectivity index (χ1n) is 5.83. The molecule has 7 heteroatoms. The first kappa shape index (κ1) is 14.5. The number of carboxylic acid groups (broad SMARTS) is 1. The lowest BCUT2D eigenvalue weighted by Crippen LogP contribution is -2.33. The van der Waals surface area contributed by atoms with E-state index in [4.69, 9.17) is 14.6 Å². The van der Waals surface area contributed by atoms with Crippen LogP contribution in [0.4, 0.5) is 0 Å². The van der Waals surface area contributed by atoms with E-state index in [2.05, 4.69) is 4.99 Å². The normalized spacial score (nSPS) is 21.4. The van der Waals surface area contributed by atoms with E-state index >= 15 is 0 Å². The predicted molar refractivity (Wildman–Crippen MR) is 76.2 cm³/mol. The third-order valence-corrected chi connectivity index (χ3v) is 4.34. The summed E-state index contributed by atoms with van der Waals surface area (Å²) in [6, 6.07) is 3.28. The van der Waals surface area contributed by atoms with E-state index in [-0.39, 0.29) is 11.5 Å². The molecule has 108 valence electrons. The molecule has 0 aromatic heterocycles. The zero-order chi connectivity index (χ0) is 14.9. The van der Waals surface area contributed by atoms with Crippen molar-refractivity contribution in [3.8, 4) is 17.2 Å². The van der Waals surface area contributed by atoms with Crippen LogP contribution in [-0.4, -0.2) is 46.7 Å². The zero-order valence-electron chi connectivity index (χ0n) is 11.3. The van der Waals surface area contributed by atoms with Gasteiger partial charge in [0.2, 0.25) is 5.75 Å². The molecule has 0 saturated carbocycles. The molecule has 1 heterocycles. The Morgan fingerprint density at radius 3 is 2.60 bits per heavy atom. The summed E-state index contributed by atoms with van der Waals surface area (Å²) < 4.78 is 10.2. The fraction of sp³-hybridized carbons (Fsp3) is 0.385. The van der Waals surface area contributed by atoms with Gasteiger partial charge in [0.05, 0.1) is 19.8 Å². The number of hydrogen-bond donors (Lipinski definition) is 2. The number of benzene rings is 1. The summed E-state index contributed by atoms with van der Waals surface area (Å²) in [5, 5.41) is 19.9. The fourth-order valence-electron chi connectivity index (χ4n) is 1.83. The van der Waals surface area contributed by atoms with Crippen LogP contribution in [0.25, 0.3) is 0 Å². The summed E-state index contributed by atoms with van der Waals surface area (Å²) >= 11 is 1.29. The minimum absolute atomic E-state index is 0.104. The lowest BCUT2D eigenvalue weighted by Gasteiger charge is -2.13. The molecule has 0 radical (unpaired) electrons. The number of carbonyl (C=O) groups is 1. The number of rotatable bonds is 4. The van der Waals surface area contributed by atoms with Crippen molar-refractivity contribution in [1.29, 1.82) is 0 Å². The number of carboxylic acids is 1. The molecule has 6 nitrogen and oxygen atoms in total. The number of aromatic hydroxyl groups is 1. The summed E-state index contributed by atoms with van der Waals surface area (Å²) in [6.45, 7) is 1.55. The van der Waals surface area contributed by atoms with Crippen LogP contribution in [0.5, 0.6) is 17.2 Å². The van der Waals surface area contributed by atoms with E-state index in [1.165, 1.54) is 26.0 Å². The number of aliphatic carboxylic acids is 1. The molecule has 0 unspecified atom stereocenters. The molecule has 2 rings (SSSR count). The van der Waals surface area contributed by atoms with Crippen molar-refractivity contribution in [3.63, 3.8) is 0 Å². The van der Waals surface area contributed by atoms with E-state index in [9.17, 15) is 9.90 Å². The number of methoxy groups -OCH3 is 2. The highest BCUT2D eigenvalue weighted by molar-refractivity contribution is 8.14. The Kier molecular flexibility index (Phi) is 3.80. The zero-order valence-corrected chi connectivity index (χ0v) is 12.2. The second-order valence-corrected chi connectivity index (χ2v) is 5.45. The summed E-state index contributed by atoms with van der Waals surface area (Å²) in [6.07, 6.45) is 0. The van der Waals surface area contributed by atoms with E-state index in [1.807, 2.05) is 0 Å². The van der Waals surface area contributed by atoms with Crippen molar-refractivity contribution >= 4 is 22.8 Å². The van der Waals surface area contributed by atoms with Gasteiger partial charge in [0.1, 0.15) is 5.04 Å². The average Bonchev–Trinajstić information content (AvgIpc) is 2.82. The van der Waals surface area contributed by atoms with Gasteiger partial charge in [-0.1, -0.05) is 0 Å². The standard InChI is InChI=1S/C13H15NO5S/c1-13(12(16)17)6-20-11(14-13)7-4-5-8(18-2)10(19-3)9(7)15/h4-5,15H,6H2,1-3H3,(H,16,17)/t13-/m1/s1. The number of thioether (sulfide) groups is 1. The number of phenolic OH excluding ortho intramolecular Hbond substituents is 1. The van der Waals surface area contributed by atoms with Crippen LogP contribution in [0, 0.1) is 0 Å². The average molecular weight is 297 g/mol. The van der Waals surface area contributed by atoms with Gasteiger partial charge in [-0.25, -0.2) is 4.79 Å². The molecule has 1 aromatic carbocycles. The highest BCUT2D eigenvalue weighted by atomic mass is 32.2. The third kappa shape index (κ3) is 2.29. The van der Waals surface area contributed by atoms with Gasteiger partial charge < -0.3 is 19.7 Å². The highest BCUT2D eigenvalue weighted by Crippen LogP contribution is 2.42. The molecule has 0 amide bonds. The van der Waals surface area contributed by atoms with Crippen molar-refractivity contribution in [2.75, 3.05) is 20.0 Å². The minimum atomic E-state index is -1.17. The Bertz CT molecular complexity index is 586. The van der Waals surface area contributed by atoms with Crippen molar-refractivity contribution in [3.05, 3.63) is 17.7 Å². The van der Waals surface area contributed by atoms with Gasteiger partial charge in [-0.05, 0) is 19.1 Å². The summed E-state index contributed by atoms with van der Waals surface area (Å²) in [4.78, 5) is 15.4. The van der Waals surface area contributed by atoms with Crippen LogP contribution in [0.15, 0.2) is 17.1 Å². The Morgan fingerprint density at radius 2 is 2.10 bits per heavy atom. The van der Waals surface area contributed by atoms with E-state index in [0.29, 0.717) is 22.1 Å². The molecular weight excluding hydrogens is 282 g/mol. The lowest BCUT2D eigenvalue weighted by atomic mass is 10.1. The van der Waals surface area contributed by atoms with Crippen LogP contribution in [-0.2, 0) is 4.79 Å². The highest BCUT2D eigenvalue weighted by Gasteiger charge is 2.39. The Hall–Kier alpha value is -1.89. The maximum Gasteiger partial charge on any atom is 0.332 e. The van der Waals surface area contributed by atoms with Crippen molar-refractivity contribution in [2.24, 2.45) is 4.99 Å². The summed E-state index contributed by atoms with van der Waals surface area (Å²) in [7, 11) is 2.90. The molecule has 0 bridgehead atoms. The van der Waals surface area contributed by atoms with E-state index < -0.39 is 11.5 Å². The van der Waals surface area contributed by atoms with Gasteiger partial charge in [-0.15, -0.1) is 11.8 Å². The summed E-state index contributed by atoms with van der Waals surface area (Å²) in [5.74, 6) is -0.158. The first-order chi connectivity index (χ1) is 9.42. The first-order valence-corrected chi connectivity index (χ1v) is 6.82. The molecule has 1 aliphatic heterocycles. The number of ether oxygens (including phenoxy) is 2. The van der Waals surface area contributed by atoms with Crippen molar-refractivity contribution < 1.29 is 24.5 Å². The Morgan fingerprint density at radius 1 is 1.40 bits per heavy atom. The molecule has 1 atom stereocenters. The fourth-order valence-corrected chi connectivity index (χ4v) is 3.02. The van der Waals surface area contributed by atoms with Gasteiger partial charge in [-0.2, -0.15) is 0 Å². The number of hydrogen-bond acceptors (Lipinski definition) is 6. The molecular formula is C13H15NO5S. The van der Waals surface area contributed by atoms with Gasteiger partial charge >= 0.3 is 5.97 Å². The molecule has 20 heavy (non-hydrogen) atoms. The Balaban J connectivity index is 2.48.